The fourth-order valence-corrected chi connectivity index (χ4v) is 3.75. The lowest BCUT2D eigenvalue weighted by Crippen LogP contribution is -2.13. The number of hydrogen-bond donors (Lipinski definition) is 2. The molecule has 0 saturated carbocycles. The number of amides is 2. The molecule has 2 amide bonds. The van der Waals surface area contributed by atoms with Gasteiger partial charge < -0.3 is 10.6 Å². The van der Waals surface area contributed by atoms with E-state index < -0.39 is 0 Å². The predicted octanol–water partition coefficient (Wildman–Crippen LogP) is 5.08. The van der Waals surface area contributed by atoms with Gasteiger partial charge >= 0.3 is 0 Å². The fourth-order valence-electron chi connectivity index (χ4n) is 2.93. The minimum absolute atomic E-state index is 0.186. The Balaban J connectivity index is 1.52. The van der Waals surface area contributed by atoms with Crippen molar-refractivity contribution in [3.05, 3.63) is 84.0 Å². The van der Waals surface area contributed by atoms with Crippen molar-refractivity contribution in [1.82, 2.24) is 9.97 Å². The number of carbonyl (C=O) groups is 2. The van der Waals surface area contributed by atoms with Crippen molar-refractivity contribution in [3.63, 3.8) is 0 Å². The molecule has 0 spiro atoms. The van der Waals surface area contributed by atoms with Gasteiger partial charge in [0, 0.05) is 52.8 Å². The van der Waals surface area contributed by atoms with Crippen LogP contribution in [0.15, 0.2) is 78.4 Å². The zero-order chi connectivity index (χ0) is 20.9. The molecule has 0 unspecified atom stereocenters. The molecule has 4 aromatic rings. The van der Waals surface area contributed by atoms with E-state index in [4.69, 9.17) is 4.98 Å². The Labute approximate surface area is 177 Å². The Morgan fingerprint density at radius 1 is 0.900 bits per heavy atom. The van der Waals surface area contributed by atoms with E-state index in [-0.39, 0.29) is 11.8 Å². The molecule has 0 fully saturated rings. The summed E-state index contributed by atoms with van der Waals surface area (Å²) >= 11 is 1.55. The highest BCUT2D eigenvalue weighted by molar-refractivity contribution is 7.13. The Kier molecular flexibility index (Phi) is 5.63. The normalized spacial score (nSPS) is 10.4. The van der Waals surface area contributed by atoms with E-state index in [0.29, 0.717) is 16.9 Å². The average molecular weight is 414 g/mol. The molecule has 2 aromatic heterocycles. The third kappa shape index (κ3) is 4.59. The first kappa shape index (κ1) is 19.5. The van der Waals surface area contributed by atoms with Gasteiger partial charge in [0.1, 0.15) is 5.01 Å². The van der Waals surface area contributed by atoms with Crippen molar-refractivity contribution >= 4 is 34.5 Å². The van der Waals surface area contributed by atoms with Crippen LogP contribution in [0.1, 0.15) is 17.3 Å². The minimum atomic E-state index is -0.256. The molecule has 148 valence electrons. The number of thiazole rings is 1. The second kappa shape index (κ2) is 8.67. The van der Waals surface area contributed by atoms with Crippen LogP contribution in [0.5, 0.6) is 0 Å². The summed E-state index contributed by atoms with van der Waals surface area (Å²) < 4.78 is 0. The van der Waals surface area contributed by atoms with E-state index >= 15 is 0 Å². The number of aromatic nitrogens is 2. The second-order valence-corrected chi connectivity index (χ2v) is 7.43. The van der Waals surface area contributed by atoms with Crippen LogP contribution in [-0.4, -0.2) is 21.8 Å². The van der Waals surface area contributed by atoms with Crippen LogP contribution in [0, 0.1) is 0 Å². The Morgan fingerprint density at radius 3 is 2.43 bits per heavy atom. The molecule has 2 N–H and O–H groups in total. The average Bonchev–Trinajstić information content (AvgIpc) is 3.25. The maximum atomic E-state index is 12.6. The molecule has 0 aliphatic carbocycles. The van der Waals surface area contributed by atoms with Crippen LogP contribution in [0.4, 0.5) is 11.4 Å². The van der Waals surface area contributed by atoms with E-state index in [9.17, 15) is 9.59 Å². The summed E-state index contributed by atoms with van der Waals surface area (Å²) in [5.41, 5.74) is 4.41. The largest absolute Gasteiger partial charge is 0.326 e. The standard InChI is InChI=1S/C23H18N4O2S/c1-15(28)25-19-8-3-6-17(12-19)22(29)26-20-9-2-5-16(11-20)21-14-30-23(27-21)18-7-4-10-24-13-18/h2-14H,1H3,(H,25,28)(H,26,29). The first-order valence-corrected chi connectivity index (χ1v) is 10.1. The number of nitrogens with zero attached hydrogens (tertiary/aromatic N) is 2. The zero-order valence-electron chi connectivity index (χ0n) is 16.1. The fraction of sp³-hybridized carbons (Fsp3) is 0.0435. The smallest absolute Gasteiger partial charge is 0.255 e. The van der Waals surface area contributed by atoms with Crippen molar-refractivity contribution in [2.24, 2.45) is 0 Å². The number of carbonyl (C=O) groups excluding carboxylic acids is 2. The van der Waals surface area contributed by atoms with Gasteiger partial charge in [-0.3, -0.25) is 14.6 Å². The molecule has 0 aliphatic heterocycles. The molecular formula is C23H18N4O2S. The highest BCUT2D eigenvalue weighted by Gasteiger charge is 2.10. The molecule has 30 heavy (non-hydrogen) atoms. The van der Waals surface area contributed by atoms with E-state index in [1.54, 1.807) is 48.0 Å². The predicted molar refractivity (Wildman–Crippen MR) is 119 cm³/mol. The zero-order valence-corrected chi connectivity index (χ0v) is 16.9. The monoisotopic (exact) mass is 414 g/mol. The molecular weight excluding hydrogens is 396 g/mol. The maximum absolute atomic E-state index is 12.6. The van der Waals surface area contributed by atoms with Crippen LogP contribution < -0.4 is 10.6 Å². The molecule has 2 aromatic carbocycles. The molecule has 4 rings (SSSR count). The van der Waals surface area contributed by atoms with Crippen LogP contribution >= 0.6 is 11.3 Å². The highest BCUT2D eigenvalue weighted by atomic mass is 32.1. The number of nitrogens with one attached hydrogen (secondary N) is 2. The summed E-state index contributed by atoms with van der Waals surface area (Å²) in [6.07, 6.45) is 3.52. The maximum Gasteiger partial charge on any atom is 0.255 e. The third-order valence-corrected chi connectivity index (χ3v) is 5.17. The molecule has 0 radical (unpaired) electrons. The van der Waals surface area contributed by atoms with Gasteiger partial charge in [-0.25, -0.2) is 4.98 Å². The molecule has 0 aliphatic rings. The van der Waals surface area contributed by atoms with Gasteiger partial charge in [0.25, 0.3) is 5.91 Å². The van der Waals surface area contributed by atoms with Gasteiger partial charge in [0.05, 0.1) is 5.69 Å². The van der Waals surface area contributed by atoms with E-state index in [2.05, 4.69) is 15.6 Å². The topological polar surface area (TPSA) is 84.0 Å². The van der Waals surface area contributed by atoms with Crippen molar-refractivity contribution in [1.29, 1.82) is 0 Å². The van der Waals surface area contributed by atoms with E-state index in [0.717, 1.165) is 21.8 Å². The van der Waals surface area contributed by atoms with Crippen LogP contribution in [0.2, 0.25) is 0 Å². The number of rotatable bonds is 5. The van der Waals surface area contributed by atoms with Crippen molar-refractivity contribution in [2.75, 3.05) is 10.6 Å². The van der Waals surface area contributed by atoms with Gasteiger partial charge in [0.15, 0.2) is 0 Å². The van der Waals surface area contributed by atoms with Gasteiger partial charge in [0.2, 0.25) is 5.91 Å². The van der Waals surface area contributed by atoms with Gasteiger partial charge in [-0.1, -0.05) is 18.2 Å². The van der Waals surface area contributed by atoms with Crippen LogP contribution in [-0.2, 0) is 4.79 Å². The van der Waals surface area contributed by atoms with Crippen LogP contribution in [0.3, 0.4) is 0 Å². The number of benzene rings is 2. The summed E-state index contributed by atoms with van der Waals surface area (Å²) in [4.78, 5) is 32.7. The summed E-state index contributed by atoms with van der Waals surface area (Å²) in [6.45, 7) is 1.43. The molecule has 7 heteroatoms. The lowest BCUT2D eigenvalue weighted by atomic mass is 10.1. The highest BCUT2D eigenvalue weighted by Crippen LogP contribution is 2.29. The Hall–Kier alpha value is -3.84. The number of hydrogen-bond acceptors (Lipinski definition) is 5. The minimum Gasteiger partial charge on any atom is -0.326 e. The first-order chi connectivity index (χ1) is 14.6. The van der Waals surface area contributed by atoms with Gasteiger partial charge in [-0.2, -0.15) is 0 Å². The molecule has 6 nitrogen and oxygen atoms in total. The van der Waals surface area contributed by atoms with Gasteiger partial charge in [-0.15, -0.1) is 11.3 Å². The van der Waals surface area contributed by atoms with Crippen molar-refractivity contribution in [3.8, 4) is 21.8 Å². The molecule has 2 heterocycles. The summed E-state index contributed by atoms with van der Waals surface area (Å²) in [6, 6.07) is 18.2. The molecule has 0 saturated heterocycles. The Bertz CT molecular complexity index is 1200. The quantitative estimate of drug-likeness (QED) is 0.477. The van der Waals surface area contributed by atoms with E-state index in [1.165, 1.54) is 6.92 Å². The second-order valence-electron chi connectivity index (χ2n) is 6.58. The van der Waals surface area contributed by atoms with Crippen molar-refractivity contribution < 1.29 is 9.59 Å². The summed E-state index contributed by atoms with van der Waals surface area (Å²) in [5.74, 6) is -0.442. The SMILES string of the molecule is CC(=O)Nc1cccc(C(=O)Nc2cccc(-c3csc(-c4cccnc4)n3)c2)c1. The number of pyridine rings is 1. The van der Waals surface area contributed by atoms with E-state index in [1.807, 2.05) is 41.8 Å². The number of anilines is 2. The molecule has 0 bridgehead atoms. The molecule has 0 atom stereocenters. The van der Waals surface area contributed by atoms with Crippen molar-refractivity contribution in [2.45, 2.75) is 6.92 Å². The van der Waals surface area contributed by atoms with Gasteiger partial charge in [-0.05, 0) is 42.5 Å². The lowest BCUT2D eigenvalue weighted by Gasteiger charge is -2.08. The van der Waals surface area contributed by atoms with Crippen LogP contribution in [0.25, 0.3) is 21.8 Å². The summed E-state index contributed by atoms with van der Waals surface area (Å²) in [5, 5.41) is 8.46. The summed E-state index contributed by atoms with van der Waals surface area (Å²) in [7, 11) is 0. The Morgan fingerprint density at radius 2 is 1.67 bits per heavy atom. The first-order valence-electron chi connectivity index (χ1n) is 9.24. The lowest BCUT2D eigenvalue weighted by molar-refractivity contribution is -0.114. The third-order valence-electron chi connectivity index (χ3n) is 4.27.